The van der Waals surface area contributed by atoms with Crippen LogP contribution in [-0.4, -0.2) is 18.3 Å². The number of aliphatic hydroxyl groups is 1. The molecule has 0 fully saturated rings. The minimum absolute atomic E-state index is 0.216. The van der Waals surface area contributed by atoms with Gasteiger partial charge in [0.15, 0.2) is 0 Å². The fourth-order valence-corrected chi connectivity index (χ4v) is 2.14. The monoisotopic (exact) mass is 209 g/mol. The number of hydrogen-bond donors (Lipinski definition) is 2. The predicted octanol–water partition coefficient (Wildman–Crippen LogP) is 2.46. The topological polar surface area (TPSA) is 32.3 Å². The first-order chi connectivity index (χ1) is 7.27. The summed E-state index contributed by atoms with van der Waals surface area (Å²) in [6, 6.07) is 0. The molecule has 2 nitrogen and oxygen atoms in total. The quantitative estimate of drug-likeness (QED) is 0.682. The molecule has 15 heavy (non-hydrogen) atoms. The lowest BCUT2D eigenvalue weighted by Crippen LogP contribution is -2.27. The molecule has 1 rings (SSSR count). The van der Waals surface area contributed by atoms with Crippen LogP contribution in [0.1, 0.15) is 33.1 Å². The summed E-state index contributed by atoms with van der Waals surface area (Å²) in [5.41, 5.74) is 1.19. The lowest BCUT2D eigenvalue weighted by Gasteiger charge is -2.26. The fraction of sp³-hybridized carbons (Fsp3) is 0.692. The maximum absolute atomic E-state index is 9.21. The van der Waals surface area contributed by atoms with Gasteiger partial charge in [-0.1, -0.05) is 26.0 Å². The van der Waals surface area contributed by atoms with Gasteiger partial charge in [-0.25, -0.2) is 0 Å². The first-order valence-electron chi connectivity index (χ1n) is 5.95. The lowest BCUT2D eigenvalue weighted by molar-refractivity contribution is 0.296. The second-order valence-corrected chi connectivity index (χ2v) is 4.42. The van der Waals surface area contributed by atoms with Gasteiger partial charge in [0.25, 0.3) is 0 Å². The summed E-state index contributed by atoms with van der Waals surface area (Å²) in [5, 5.41) is 12.5. The predicted molar refractivity (Wildman–Crippen MR) is 64.5 cm³/mol. The SMILES string of the molecule is CC/C=C(/CO)CC(C)C1CC=CNC1. The summed E-state index contributed by atoms with van der Waals surface area (Å²) >= 11 is 0. The van der Waals surface area contributed by atoms with Crippen LogP contribution in [0.3, 0.4) is 0 Å². The van der Waals surface area contributed by atoms with Gasteiger partial charge in [-0.05, 0) is 42.9 Å². The second-order valence-electron chi connectivity index (χ2n) is 4.42. The maximum atomic E-state index is 9.21. The average Bonchev–Trinajstić information content (AvgIpc) is 2.29. The molecule has 0 saturated heterocycles. The highest BCUT2D eigenvalue weighted by molar-refractivity contribution is 5.04. The Kier molecular flexibility index (Phi) is 5.48. The molecule has 2 N–H and O–H groups in total. The van der Waals surface area contributed by atoms with Gasteiger partial charge in [0.05, 0.1) is 6.61 Å². The summed E-state index contributed by atoms with van der Waals surface area (Å²) in [4.78, 5) is 0. The minimum Gasteiger partial charge on any atom is -0.392 e. The maximum Gasteiger partial charge on any atom is 0.0641 e. The van der Waals surface area contributed by atoms with Crippen molar-refractivity contribution < 1.29 is 5.11 Å². The van der Waals surface area contributed by atoms with Crippen LogP contribution in [-0.2, 0) is 0 Å². The summed E-state index contributed by atoms with van der Waals surface area (Å²) in [6.45, 7) is 5.69. The Bertz CT molecular complexity index is 233. The van der Waals surface area contributed by atoms with Crippen LogP contribution in [0.5, 0.6) is 0 Å². The molecule has 86 valence electrons. The van der Waals surface area contributed by atoms with Crippen molar-refractivity contribution in [3.8, 4) is 0 Å². The van der Waals surface area contributed by atoms with Crippen molar-refractivity contribution >= 4 is 0 Å². The van der Waals surface area contributed by atoms with Crippen LogP contribution >= 0.6 is 0 Å². The number of aliphatic hydroxyl groups excluding tert-OH is 1. The molecule has 0 aromatic carbocycles. The molecule has 0 radical (unpaired) electrons. The van der Waals surface area contributed by atoms with Crippen molar-refractivity contribution in [1.29, 1.82) is 0 Å². The lowest BCUT2D eigenvalue weighted by atomic mass is 9.85. The summed E-state index contributed by atoms with van der Waals surface area (Å²) < 4.78 is 0. The largest absolute Gasteiger partial charge is 0.392 e. The summed E-state index contributed by atoms with van der Waals surface area (Å²) in [6.07, 6.45) is 9.61. The molecule has 0 aromatic heterocycles. The Morgan fingerprint density at radius 1 is 1.67 bits per heavy atom. The minimum atomic E-state index is 0.216. The third-order valence-corrected chi connectivity index (χ3v) is 3.14. The van der Waals surface area contributed by atoms with Gasteiger partial charge in [-0.3, -0.25) is 0 Å². The standard InChI is InChI=1S/C13H23NO/c1-3-5-12(10-15)8-11(2)13-6-4-7-14-9-13/h4-5,7,11,13-15H,3,6,8-10H2,1-2H3/b12-5+. The van der Waals surface area contributed by atoms with Crippen LogP contribution in [0.25, 0.3) is 0 Å². The van der Waals surface area contributed by atoms with E-state index in [-0.39, 0.29) is 6.61 Å². The number of nitrogens with one attached hydrogen (secondary N) is 1. The van der Waals surface area contributed by atoms with E-state index in [0.29, 0.717) is 11.8 Å². The summed E-state index contributed by atoms with van der Waals surface area (Å²) in [7, 11) is 0. The molecule has 2 unspecified atom stereocenters. The highest BCUT2D eigenvalue weighted by atomic mass is 16.3. The van der Waals surface area contributed by atoms with Crippen molar-refractivity contribution in [3.63, 3.8) is 0 Å². The molecule has 2 atom stereocenters. The third-order valence-electron chi connectivity index (χ3n) is 3.14. The third kappa shape index (κ3) is 4.08. The van der Waals surface area contributed by atoms with Crippen LogP contribution in [0, 0.1) is 11.8 Å². The van der Waals surface area contributed by atoms with Gasteiger partial charge in [0.2, 0.25) is 0 Å². The molecule has 1 aliphatic rings. The molecule has 1 aliphatic heterocycles. The van der Waals surface area contributed by atoms with Crippen LogP contribution < -0.4 is 5.32 Å². The van der Waals surface area contributed by atoms with Crippen molar-refractivity contribution in [2.75, 3.05) is 13.2 Å². The van der Waals surface area contributed by atoms with E-state index in [1.54, 1.807) is 0 Å². The molecule has 0 amide bonds. The van der Waals surface area contributed by atoms with Gasteiger partial charge in [0, 0.05) is 6.54 Å². The van der Waals surface area contributed by atoms with E-state index in [4.69, 9.17) is 0 Å². The highest BCUT2D eigenvalue weighted by Crippen LogP contribution is 2.24. The van der Waals surface area contributed by atoms with Crippen LogP contribution in [0.4, 0.5) is 0 Å². The zero-order valence-corrected chi connectivity index (χ0v) is 9.87. The highest BCUT2D eigenvalue weighted by Gasteiger charge is 2.18. The van der Waals surface area contributed by atoms with Gasteiger partial charge in [-0.15, -0.1) is 0 Å². The summed E-state index contributed by atoms with van der Waals surface area (Å²) in [5.74, 6) is 1.36. The van der Waals surface area contributed by atoms with E-state index < -0.39 is 0 Å². The molecule has 2 heteroatoms. The Morgan fingerprint density at radius 3 is 3.00 bits per heavy atom. The molecule has 0 aliphatic carbocycles. The van der Waals surface area contributed by atoms with E-state index in [2.05, 4.69) is 31.3 Å². The number of rotatable bonds is 5. The zero-order valence-electron chi connectivity index (χ0n) is 9.87. The Hall–Kier alpha value is -0.760. The van der Waals surface area contributed by atoms with Crippen LogP contribution in [0.2, 0.25) is 0 Å². The first-order valence-corrected chi connectivity index (χ1v) is 5.95. The van der Waals surface area contributed by atoms with Gasteiger partial charge < -0.3 is 10.4 Å². The van der Waals surface area contributed by atoms with E-state index in [1.807, 2.05) is 6.20 Å². The van der Waals surface area contributed by atoms with Gasteiger partial charge >= 0.3 is 0 Å². The van der Waals surface area contributed by atoms with Crippen molar-refractivity contribution in [2.45, 2.75) is 33.1 Å². The number of allylic oxidation sites excluding steroid dienone is 2. The zero-order chi connectivity index (χ0) is 11.1. The molecule has 0 saturated carbocycles. The molecule has 0 spiro atoms. The molecule has 0 aromatic rings. The average molecular weight is 209 g/mol. The van der Waals surface area contributed by atoms with Gasteiger partial charge in [0.1, 0.15) is 0 Å². The van der Waals surface area contributed by atoms with Crippen molar-refractivity contribution in [1.82, 2.24) is 5.32 Å². The first kappa shape index (κ1) is 12.3. The Morgan fingerprint density at radius 2 is 2.47 bits per heavy atom. The number of hydrogen-bond acceptors (Lipinski definition) is 2. The molecule has 1 heterocycles. The van der Waals surface area contributed by atoms with Crippen molar-refractivity contribution in [3.05, 3.63) is 23.9 Å². The smallest absolute Gasteiger partial charge is 0.0641 e. The fourth-order valence-electron chi connectivity index (χ4n) is 2.14. The van der Waals surface area contributed by atoms with Crippen LogP contribution in [0.15, 0.2) is 23.9 Å². The Balaban J connectivity index is 2.42. The van der Waals surface area contributed by atoms with E-state index in [9.17, 15) is 5.11 Å². The molecular weight excluding hydrogens is 186 g/mol. The van der Waals surface area contributed by atoms with E-state index in [1.165, 1.54) is 12.0 Å². The van der Waals surface area contributed by atoms with E-state index in [0.717, 1.165) is 19.4 Å². The normalized spacial score (nSPS) is 23.7. The van der Waals surface area contributed by atoms with Crippen molar-refractivity contribution in [2.24, 2.45) is 11.8 Å². The van der Waals surface area contributed by atoms with Gasteiger partial charge in [-0.2, -0.15) is 0 Å². The molecular formula is C13H23NO. The second kappa shape index (κ2) is 6.67. The van der Waals surface area contributed by atoms with E-state index >= 15 is 0 Å². The molecule has 0 bridgehead atoms. The Labute approximate surface area is 93.1 Å².